The van der Waals surface area contributed by atoms with Gasteiger partial charge in [-0.25, -0.2) is 0 Å². The van der Waals surface area contributed by atoms with Crippen LogP contribution < -0.4 is 10.6 Å². The number of hydrogen-bond acceptors (Lipinski definition) is 5. The van der Waals surface area contributed by atoms with Crippen molar-refractivity contribution in [1.82, 2.24) is 10.2 Å². The summed E-state index contributed by atoms with van der Waals surface area (Å²) in [6.45, 7) is 9.62. The Kier molecular flexibility index (Phi) is 6.74. The third kappa shape index (κ3) is 5.56. The lowest BCUT2D eigenvalue weighted by atomic mass is 10.1. The van der Waals surface area contributed by atoms with Crippen molar-refractivity contribution in [2.45, 2.75) is 39.6 Å². The van der Waals surface area contributed by atoms with E-state index in [2.05, 4.69) is 20.8 Å². The lowest BCUT2D eigenvalue weighted by Crippen LogP contribution is -2.18. The SMILES string of the molecule is Cc1cc(C)c(NC(=O)CSc2ccc(NC(=O)C(C)C)nn2)c(C)c1. The maximum Gasteiger partial charge on any atom is 0.234 e. The van der Waals surface area contributed by atoms with Gasteiger partial charge in [0.05, 0.1) is 5.75 Å². The number of anilines is 2. The molecule has 0 atom stereocenters. The van der Waals surface area contributed by atoms with Crippen LogP contribution in [0.3, 0.4) is 0 Å². The highest BCUT2D eigenvalue weighted by atomic mass is 32.2. The molecule has 2 N–H and O–H groups in total. The summed E-state index contributed by atoms with van der Waals surface area (Å²) in [6.07, 6.45) is 0. The Bertz CT molecular complexity index is 781. The highest BCUT2D eigenvalue weighted by Crippen LogP contribution is 2.23. The van der Waals surface area contributed by atoms with E-state index in [0.717, 1.165) is 16.8 Å². The van der Waals surface area contributed by atoms with E-state index in [1.165, 1.54) is 17.3 Å². The maximum atomic E-state index is 12.2. The number of carbonyl (C=O) groups is 2. The van der Waals surface area contributed by atoms with Crippen molar-refractivity contribution in [2.24, 2.45) is 5.92 Å². The molecule has 0 radical (unpaired) electrons. The number of rotatable bonds is 6. The second-order valence-electron chi connectivity index (χ2n) is 6.51. The van der Waals surface area contributed by atoms with Gasteiger partial charge in [-0.3, -0.25) is 9.59 Å². The van der Waals surface area contributed by atoms with E-state index in [1.54, 1.807) is 12.1 Å². The van der Waals surface area contributed by atoms with Crippen molar-refractivity contribution in [1.29, 1.82) is 0 Å². The first kappa shape index (κ1) is 19.9. The van der Waals surface area contributed by atoms with E-state index < -0.39 is 0 Å². The van der Waals surface area contributed by atoms with Gasteiger partial charge in [-0.05, 0) is 44.0 Å². The van der Waals surface area contributed by atoms with Crippen LogP contribution in [0, 0.1) is 26.7 Å². The number of aromatic nitrogens is 2. The molecular formula is C19H24N4O2S. The van der Waals surface area contributed by atoms with Gasteiger partial charge in [-0.2, -0.15) is 0 Å². The Morgan fingerprint density at radius 1 is 1.04 bits per heavy atom. The van der Waals surface area contributed by atoms with Crippen molar-refractivity contribution in [3.05, 3.63) is 41.0 Å². The van der Waals surface area contributed by atoms with Gasteiger partial charge in [-0.1, -0.05) is 43.3 Å². The summed E-state index contributed by atoms with van der Waals surface area (Å²) in [5.74, 6) is 0.317. The highest BCUT2D eigenvalue weighted by molar-refractivity contribution is 7.99. The van der Waals surface area contributed by atoms with Gasteiger partial charge < -0.3 is 10.6 Å². The number of nitrogens with one attached hydrogen (secondary N) is 2. The summed E-state index contributed by atoms with van der Waals surface area (Å²) in [5, 5.41) is 14.3. The van der Waals surface area contributed by atoms with Crippen LogP contribution in [0.2, 0.25) is 0 Å². The van der Waals surface area contributed by atoms with E-state index in [9.17, 15) is 9.59 Å². The van der Waals surface area contributed by atoms with Gasteiger partial charge in [0, 0.05) is 11.6 Å². The zero-order valence-corrected chi connectivity index (χ0v) is 16.5. The Morgan fingerprint density at radius 3 is 2.23 bits per heavy atom. The van der Waals surface area contributed by atoms with Crippen LogP contribution in [-0.2, 0) is 9.59 Å². The number of nitrogens with zero attached hydrogens (tertiary/aromatic N) is 2. The van der Waals surface area contributed by atoms with Crippen LogP contribution >= 0.6 is 11.8 Å². The lowest BCUT2D eigenvalue weighted by Gasteiger charge is -2.12. The predicted molar refractivity (Wildman–Crippen MR) is 106 cm³/mol. The molecule has 1 aromatic heterocycles. The molecule has 6 nitrogen and oxygen atoms in total. The predicted octanol–water partition coefficient (Wildman–Crippen LogP) is 3.73. The number of benzene rings is 1. The Labute approximate surface area is 158 Å². The fraction of sp³-hybridized carbons (Fsp3) is 0.368. The van der Waals surface area contributed by atoms with Gasteiger partial charge in [0.1, 0.15) is 5.03 Å². The summed E-state index contributed by atoms with van der Waals surface area (Å²) >= 11 is 1.30. The summed E-state index contributed by atoms with van der Waals surface area (Å²) in [4.78, 5) is 23.9. The van der Waals surface area contributed by atoms with Gasteiger partial charge in [0.15, 0.2) is 5.82 Å². The largest absolute Gasteiger partial charge is 0.325 e. The number of thioether (sulfide) groups is 1. The van der Waals surface area contributed by atoms with E-state index in [-0.39, 0.29) is 23.5 Å². The topological polar surface area (TPSA) is 84.0 Å². The molecule has 1 aromatic carbocycles. The van der Waals surface area contributed by atoms with Crippen molar-refractivity contribution in [3.8, 4) is 0 Å². The summed E-state index contributed by atoms with van der Waals surface area (Å²) in [7, 11) is 0. The summed E-state index contributed by atoms with van der Waals surface area (Å²) in [5.41, 5.74) is 4.13. The van der Waals surface area contributed by atoms with E-state index in [0.29, 0.717) is 10.8 Å². The van der Waals surface area contributed by atoms with Crippen LogP contribution in [0.4, 0.5) is 11.5 Å². The smallest absolute Gasteiger partial charge is 0.234 e. The number of hydrogen-bond donors (Lipinski definition) is 2. The maximum absolute atomic E-state index is 12.2. The van der Waals surface area contributed by atoms with Crippen LogP contribution in [0.1, 0.15) is 30.5 Å². The molecule has 0 bridgehead atoms. The van der Waals surface area contributed by atoms with E-state index >= 15 is 0 Å². The number of amides is 2. The first-order chi connectivity index (χ1) is 12.3. The Balaban J connectivity index is 1.91. The first-order valence-electron chi connectivity index (χ1n) is 8.41. The average Bonchev–Trinajstić information content (AvgIpc) is 2.57. The molecule has 0 aliphatic rings. The van der Waals surface area contributed by atoms with Crippen molar-refractivity contribution in [3.63, 3.8) is 0 Å². The van der Waals surface area contributed by atoms with Crippen molar-refractivity contribution >= 4 is 35.1 Å². The molecule has 1 heterocycles. The van der Waals surface area contributed by atoms with E-state index in [1.807, 2.05) is 46.8 Å². The van der Waals surface area contributed by atoms with Gasteiger partial charge >= 0.3 is 0 Å². The van der Waals surface area contributed by atoms with Crippen LogP contribution in [-0.4, -0.2) is 27.8 Å². The van der Waals surface area contributed by atoms with Gasteiger partial charge in [0.25, 0.3) is 0 Å². The minimum atomic E-state index is -0.122. The molecule has 0 spiro atoms. The quantitative estimate of drug-likeness (QED) is 0.755. The Hall–Kier alpha value is -2.41. The minimum Gasteiger partial charge on any atom is -0.325 e. The minimum absolute atomic E-state index is 0.0935. The molecule has 2 rings (SSSR count). The molecule has 0 saturated carbocycles. The second kappa shape index (κ2) is 8.80. The fourth-order valence-electron chi connectivity index (χ4n) is 2.43. The van der Waals surface area contributed by atoms with E-state index in [4.69, 9.17) is 0 Å². The molecule has 0 unspecified atom stereocenters. The van der Waals surface area contributed by atoms with Gasteiger partial charge in [-0.15, -0.1) is 10.2 Å². The van der Waals surface area contributed by atoms with Crippen molar-refractivity contribution < 1.29 is 9.59 Å². The molecule has 2 aromatic rings. The number of carbonyl (C=O) groups excluding carboxylic acids is 2. The zero-order valence-electron chi connectivity index (χ0n) is 15.7. The first-order valence-corrected chi connectivity index (χ1v) is 9.40. The summed E-state index contributed by atoms with van der Waals surface area (Å²) in [6, 6.07) is 7.52. The molecular weight excluding hydrogens is 348 g/mol. The highest BCUT2D eigenvalue weighted by Gasteiger charge is 2.11. The third-order valence-corrected chi connectivity index (χ3v) is 4.63. The third-order valence-electron chi connectivity index (χ3n) is 3.71. The lowest BCUT2D eigenvalue weighted by molar-refractivity contribution is -0.119. The van der Waals surface area contributed by atoms with Crippen molar-refractivity contribution in [2.75, 3.05) is 16.4 Å². The zero-order chi connectivity index (χ0) is 19.3. The van der Waals surface area contributed by atoms with Crippen LogP contribution in [0.5, 0.6) is 0 Å². The normalized spacial score (nSPS) is 10.7. The molecule has 138 valence electrons. The average molecular weight is 372 g/mol. The molecule has 26 heavy (non-hydrogen) atoms. The molecule has 0 fully saturated rings. The second-order valence-corrected chi connectivity index (χ2v) is 7.51. The fourth-order valence-corrected chi connectivity index (χ4v) is 3.04. The monoisotopic (exact) mass is 372 g/mol. The molecule has 0 aliphatic heterocycles. The molecule has 2 amide bonds. The molecule has 0 aliphatic carbocycles. The molecule has 7 heteroatoms. The van der Waals surface area contributed by atoms with Crippen LogP contribution in [0.15, 0.2) is 29.3 Å². The number of aryl methyl sites for hydroxylation is 3. The summed E-state index contributed by atoms with van der Waals surface area (Å²) < 4.78 is 0. The standard InChI is InChI=1S/C19H24N4O2S/c1-11(2)19(25)20-15-6-7-17(23-22-15)26-10-16(24)21-18-13(4)8-12(3)9-14(18)5/h6-9,11H,10H2,1-5H3,(H,21,24)(H,20,22,25). The Morgan fingerprint density at radius 2 is 1.69 bits per heavy atom. The molecule has 0 saturated heterocycles. The van der Waals surface area contributed by atoms with Gasteiger partial charge in [0.2, 0.25) is 11.8 Å². The van der Waals surface area contributed by atoms with Crippen LogP contribution in [0.25, 0.3) is 0 Å².